The summed E-state index contributed by atoms with van der Waals surface area (Å²) < 4.78 is 5.16. The smallest absolute Gasteiger partial charge is 0.138 e. The molecule has 0 unspecified atom stereocenters. The molecule has 0 bridgehead atoms. The molecule has 3 nitrogen and oxygen atoms in total. The summed E-state index contributed by atoms with van der Waals surface area (Å²) in [7, 11) is 1.57. The Bertz CT molecular complexity index is 630. The van der Waals surface area contributed by atoms with Crippen LogP contribution < -0.4 is 10.1 Å². The van der Waals surface area contributed by atoms with Gasteiger partial charge in [-0.05, 0) is 17.7 Å². The van der Waals surface area contributed by atoms with Crippen molar-refractivity contribution in [3.05, 3.63) is 46.2 Å². The molecule has 0 radical (unpaired) electrons. The average molecular weight is 325 g/mol. The molecule has 0 aliphatic heterocycles. The van der Waals surface area contributed by atoms with Crippen molar-refractivity contribution in [1.82, 2.24) is 10.3 Å². The summed E-state index contributed by atoms with van der Waals surface area (Å²) in [6.07, 6.45) is 3.63. The van der Waals surface area contributed by atoms with Crippen molar-refractivity contribution in [3.63, 3.8) is 0 Å². The van der Waals surface area contributed by atoms with Crippen molar-refractivity contribution in [2.75, 3.05) is 7.11 Å². The summed E-state index contributed by atoms with van der Waals surface area (Å²) in [4.78, 5) is 4.28. The average Bonchev–Trinajstić information content (AvgIpc) is 2.47. The van der Waals surface area contributed by atoms with E-state index in [2.05, 4.69) is 30.2 Å². The Kier molecular flexibility index (Phi) is 5.45. The van der Waals surface area contributed by atoms with E-state index in [1.165, 1.54) is 0 Å². The number of halogens is 2. The monoisotopic (exact) mass is 324 g/mol. The number of nitrogens with zero attached hydrogens (tertiary/aromatic N) is 1. The van der Waals surface area contributed by atoms with Crippen LogP contribution in [-0.2, 0) is 6.54 Å². The summed E-state index contributed by atoms with van der Waals surface area (Å²) in [5.41, 5.74) is 2.89. The second kappa shape index (κ2) is 7.12. The van der Waals surface area contributed by atoms with Gasteiger partial charge in [0.1, 0.15) is 5.75 Å². The molecular formula is C16H18Cl2N2O. The lowest BCUT2D eigenvalue weighted by Gasteiger charge is -2.11. The van der Waals surface area contributed by atoms with Crippen LogP contribution in [0.1, 0.15) is 19.4 Å². The van der Waals surface area contributed by atoms with Gasteiger partial charge in [-0.15, -0.1) is 0 Å². The predicted molar refractivity (Wildman–Crippen MR) is 88.2 cm³/mol. The van der Waals surface area contributed by atoms with Gasteiger partial charge in [0, 0.05) is 42.2 Å². The Morgan fingerprint density at radius 1 is 1.14 bits per heavy atom. The lowest BCUT2D eigenvalue weighted by atomic mass is 10.1. The van der Waals surface area contributed by atoms with Crippen molar-refractivity contribution in [1.29, 1.82) is 0 Å². The first kappa shape index (κ1) is 16.1. The summed E-state index contributed by atoms with van der Waals surface area (Å²) in [5, 5.41) is 4.49. The van der Waals surface area contributed by atoms with Crippen LogP contribution >= 0.6 is 23.2 Å². The minimum Gasteiger partial charge on any atom is -0.495 e. The van der Waals surface area contributed by atoms with Crippen molar-refractivity contribution in [2.45, 2.75) is 26.4 Å². The number of aromatic nitrogens is 1. The number of benzene rings is 1. The quantitative estimate of drug-likeness (QED) is 0.875. The van der Waals surface area contributed by atoms with Crippen LogP contribution in [0.15, 0.2) is 30.6 Å². The largest absolute Gasteiger partial charge is 0.495 e. The van der Waals surface area contributed by atoms with Crippen molar-refractivity contribution < 1.29 is 4.74 Å². The van der Waals surface area contributed by atoms with E-state index < -0.39 is 0 Å². The van der Waals surface area contributed by atoms with E-state index in [4.69, 9.17) is 27.9 Å². The lowest BCUT2D eigenvalue weighted by molar-refractivity contribution is 0.415. The third kappa shape index (κ3) is 4.10. The molecule has 0 saturated heterocycles. The van der Waals surface area contributed by atoms with Gasteiger partial charge in [0.2, 0.25) is 0 Å². The standard InChI is InChI=1S/C16H18Cl2N2O/c1-10(2)20-8-11-4-12(9-19-7-11)13-5-15(18)16(21-3)6-14(13)17/h4-7,9-10,20H,8H2,1-3H3. The zero-order chi connectivity index (χ0) is 15.4. The highest BCUT2D eigenvalue weighted by Gasteiger charge is 2.10. The molecule has 0 fully saturated rings. The van der Waals surface area contributed by atoms with Gasteiger partial charge in [0.15, 0.2) is 0 Å². The molecule has 0 amide bonds. The van der Waals surface area contributed by atoms with E-state index >= 15 is 0 Å². The summed E-state index contributed by atoms with van der Waals surface area (Å²) >= 11 is 12.5. The second-order valence-corrected chi connectivity index (χ2v) is 5.90. The molecule has 5 heteroatoms. The Labute approximate surface area is 135 Å². The van der Waals surface area contributed by atoms with Crippen LogP contribution in [0, 0.1) is 0 Å². The summed E-state index contributed by atoms with van der Waals surface area (Å²) in [6, 6.07) is 6.01. The van der Waals surface area contributed by atoms with Crippen molar-refractivity contribution >= 4 is 23.2 Å². The number of pyridine rings is 1. The zero-order valence-electron chi connectivity index (χ0n) is 12.3. The number of hydrogen-bond acceptors (Lipinski definition) is 3. The maximum absolute atomic E-state index is 6.31. The molecule has 1 aromatic carbocycles. The fourth-order valence-electron chi connectivity index (χ4n) is 1.96. The number of rotatable bonds is 5. The van der Waals surface area contributed by atoms with Gasteiger partial charge in [0.25, 0.3) is 0 Å². The minimum atomic E-state index is 0.424. The van der Waals surface area contributed by atoms with E-state index in [0.29, 0.717) is 21.8 Å². The third-order valence-electron chi connectivity index (χ3n) is 3.06. The first-order valence-corrected chi connectivity index (χ1v) is 7.47. The minimum absolute atomic E-state index is 0.424. The highest BCUT2D eigenvalue weighted by Crippen LogP contribution is 2.36. The zero-order valence-corrected chi connectivity index (χ0v) is 13.8. The van der Waals surface area contributed by atoms with Crippen LogP contribution in [0.3, 0.4) is 0 Å². The predicted octanol–water partition coefficient (Wildman–Crippen LogP) is 4.56. The molecule has 0 spiro atoms. The van der Waals surface area contributed by atoms with Gasteiger partial charge in [-0.25, -0.2) is 0 Å². The van der Waals surface area contributed by atoms with E-state index in [1.54, 1.807) is 25.4 Å². The third-order valence-corrected chi connectivity index (χ3v) is 3.67. The second-order valence-electron chi connectivity index (χ2n) is 5.08. The highest BCUT2D eigenvalue weighted by molar-refractivity contribution is 6.36. The molecule has 0 saturated carbocycles. The number of methoxy groups -OCH3 is 1. The van der Waals surface area contributed by atoms with E-state index in [9.17, 15) is 0 Å². The van der Waals surface area contributed by atoms with Crippen LogP contribution in [0.25, 0.3) is 11.1 Å². The number of nitrogens with one attached hydrogen (secondary N) is 1. The van der Waals surface area contributed by atoms with E-state index in [-0.39, 0.29) is 0 Å². The molecular weight excluding hydrogens is 307 g/mol. The lowest BCUT2D eigenvalue weighted by Crippen LogP contribution is -2.21. The van der Waals surface area contributed by atoms with Gasteiger partial charge in [-0.2, -0.15) is 0 Å². The topological polar surface area (TPSA) is 34.1 Å². The summed E-state index contributed by atoms with van der Waals surface area (Å²) in [6.45, 7) is 4.98. The van der Waals surface area contributed by atoms with Crippen LogP contribution in [0.2, 0.25) is 10.0 Å². The molecule has 1 heterocycles. The van der Waals surface area contributed by atoms with Crippen LogP contribution in [0.5, 0.6) is 5.75 Å². The number of hydrogen-bond donors (Lipinski definition) is 1. The molecule has 21 heavy (non-hydrogen) atoms. The molecule has 2 aromatic rings. The Balaban J connectivity index is 2.34. The maximum Gasteiger partial charge on any atom is 0.138 e. The van der Waals surface area contributed by atoms with E-state index in [0.717, 1.165) is 23.2 Å². The molecule has 2 rings (SSSR count). The van der Waals surface area contributed by atoms with Crippen LogP contribution in [-0.4, -0.2) is 18.1 Å². The molecule has 1 aromatic heterocycles. The Hall–Kier alpha value is -1.29. The van der Waals surface area contributed by atoms with Crippen molar-refractivity contribution in [2.24, 2.45) is 0 Å². The SMILES string of the molecule is COc1cc(Cl)c(-c2cncc(CNC(C)C)c2)cc1Cl. The van der Waals surface area contributed by atoms with E-state index in [1.807, 2.05) is 6.20 Å². The van der Waals surface area contributed by atoms with Crippen molar-refractivity contribution in [3.8, 4) is 16.9 Å². The molecule has 1 N–H and O–H groups in total. The summed E-state index contributed by atoms with van der Waals surface area (Å²) in [5.74, 6) is 0.566. The van der Waals surface area contributed by atoms with Crippen LogP contribution in [0.4, 0.5) is 0 Å². The molecule has 0 aliphatic carbocycles. The van der Waals surface area contributed by atoms with Gasteiger partial charge >= 0.3 is 0 Å². The first-order valence-electron chi connectivity index (χ1n) is 6.72. The van der Waals surface area contributed by atoms with Gasteiger partial charge < -0.3 is 10.1 Å². The van der Waals surface area contributed by atoms with Gasteiger partial charge in [-0.3, -0.25) is 4.98 Å². The van der Waals surface area contributed by atoms with Gasteiger partial charge in [0.05, 0.1) is 17.2 Å². The Morgan fingerprint density at radius 2 is 1.90 bits per heavy atom. The highest BCUT2D eigenvalue weighted by atomic mass is 35.5. The fourth-order valence-corrected chi connectivity index (χ4v) is 2.46. The Morgan fingerprint density at radius 3 is 2.57 bits per heavy atom. The molecule has 0 aliphatic rings. The normalized spacial score (nSPS) is 11.0. The van der Waals surface area contributed by atoms with Gasteiger partial charge in [-0.1, -0.05) is 37.0 Å². The maximum atomic E-state index is 6.31. The fraction of sp³-hybridized carbons (Fsp3) is 0.312. The molecule has 0 atom stereocenters. The number of ether oxygens (including phenoxy) is 1. The molecule has 112 valence electrons. The first-order chi connectivity index (χ1) is 10.0.